The van der Waals surface area contributed by atoms with Crippen molar-refractivity contribution in [2.45, 2.75) is 35.6 Å². The lowest BCUT2D eigenvalue weighted by atomic mass is 9.99. The zero-order valence-electron chi connectivity index (χ0n) is 16.0. The molecule has 2 aliphatic rings. The van der Waals surface area contributed by atoms with Gasteiger partial charge in [-0.15, -0.1) is 11.8 Å². The highest BCUT2D eigenvalue weighted by molar-refractivity contribution is 14.1. The van der Waals surface area contributed by atoms with Crippen molar-refractivity contribution in [3.63, 3.8) is 0 Å². The third kappa shape index (κ3) is 5.29. The average Bonchev–Trinajstić information content (AvgIpc) is 2.75. The Morgan fingerprint density at radius 3 is 2.68 bits per heavy atom. The van der Waals surface area contributed by atoms with Gasteiger partial charge < -0.3 is 4.74 Å². The summed E-state index contributed by atoms with van der Waals surface area (Å²) in [6, 6.07) is 19.4. The summed E-state index contributed by atoms with van der Waals surface area (Å²) in [4.78, 5) is 3.89. The van der Waals surface area contributed by atoms with Crippen molar-refractivity contribution in [1.29, 1.82) is 0 Å². The molecule has 1 aliphatic carbocycles. The molecular weight excluding hydrogens is 477 g/mol. The average molecular weight is 503 g/mol. The third-order valence-corrected chi connectivity index (χ3v) is 7.95. The van der Waals surface area contributed by atoms with Gasteiger partial charge in [0.1, 0.15) is 0 Å². The van der Waals surface area contributed by atoms with Crippen molar-refractivity contribution in [1.82, 2.24) is 4.90 Å². The maximum Gasteiger partial charge on any atom is 0.0865 e. The molecule has 0 aromatic heterocycles. The van der Waals surface area contributed by atoms with Crippen molar-refractivity contribution >= 4 is 34.4 Å². The van der Waals surface area contributed by atoms with E-state index in [1.807, 2.05) is 11.8 Å². The minimum absolute atomic E-state index is 0.201. The fraction of sp³-hybridized carbons (Fsp3) is 0.333. The van der Waals surface area contributed by atoms with Crippen LogP contribution in [0.5, 0.6) is 0 Å². The number of hydrogen-bond acceptors (Lipinski definition) is 3. The van der Waals surface area contributed by atoms with E-state index < -0.39 is 0 Å². The molecular formula is C24H26INOS. The maximum atomic E-state index is 6.33. The summed E-state index contributed by atoms with van der Waals surface area (Å²) in [5.74, 6) is 0. The van der Waals surface area contributed by atoms with Gasteiger partial charge in [0.25, 0.3) is 0 Å². The first kappa shape index (κ1) is 20.2. The van der Waals surface area contributed by atoms with Crippen LogP contribution in [0, 0.1) is 3.57 Å². The summed E-state index contributed by atoms with van der Waals surface area (Å²) in [5, 5.41) is 0.325. The largest absolute Gasteiger partial charge is 0.374 e. The summed E-state index contributed by atoms with van der Waals surface area (Å²) in [6.45, 7) is 3.77. The monoisotopic (exact) mass is 503 g/mol. The van der Waals surface area contributed by atoms with Crippen LogP contribution in [-0.4, -0.2) is 36.0 Å². The number of allylic oxidation sites excluding steroid dienone is 3. The van der Waals surface area contributed by atoms with Gasteiger partial charge in [-0.25, -0.2) is 0 Å². The van der Waals surface area contributed by atoms with Crippen LogP contribution >= 0.6 is 34.4 Å². The van der Waals surface area contributed by atoms with Crippen molar-refractivity contribution in [3.8, 4) is 0 Å². The van der Waals surface area contributed by atoms with Crippen LogP contribution in [0.25, 0.3) is 0 Å². The second-order valence-electron chi connectivity index (χ2n) is 7.28. The molecule has 0 N–H and O–H groups in total. The predicted octanol–water partition coefficient (Wildman–Crippen LogP) is 5.93. The second-order valence-corrected chi connectivity index (χ2v) is 9.63. The molecule has 4 rings (SSSR count). The lowest BCUT2D eigenvalue weighted by Crippen LogP contribution is -2.46. The topological polar surface area (TPSA) is 12.5 Å². The number of morpholine rings is 1. The Morgan fingerprint density at radius 2 is 1.89 bits per heavy atom. The van der Waals surface area contributed by atoms with Crippen LogP contribution < -0.4 is 0 Å². The van der Waals surface area contributed by atoms with Crippen LogP contribution in [0.1, 0.15) is 18.4 Å². The van der Waals surface area contributed by atoms with Crippen LogP contribution in [-0.2, 0) is 11.3 Å². The summed E-state index contributed by atoms with van der Waals surface area (Å²) in [5.41, 5.74) is 2.80. The van der Waals surface area contributed by atoms with Crippen LogP contribution in [0.15, 0.2) is 83.3 Å². The Bertz CT molecular complexity index is 836. The molecule has 1 fully saturated rings. The Morgan fingerprint density at radius 1 is 1.07 bits per heavy atom. The Labute approximate surface area is 186 Å². The van der Waals surface area contributed by atoms with Gasteiger partial charge in [0.05, 0.1) is 18.0 Å². The van der Waals surface area contributed by atoms with Crippen molar-refractivity contribution < 1.29 is 4.74 Å². The highest BCUT2D eigenvalue weighted by Crippen LogP contribution is 2.37. The van der Waals surface area contributed by atoms with Gasteiger partial charge in [0, 0.05) is 28.1 Å². The highest BCUT2D eigenvalue weighted by Gasteiger charge is 2.31. The molecule has 4 heteroatoms. The zero-order valence-corrected chi connectivity index (χ0v) is 18.9. The third-order valence-electron chi connectivity index (χ3n) is 5.21. The quantitative estimate of drug-likeness (QED) is 0.358. The van der Waals surface area contributed by atoms with Crippen molar-refractivity contribution in [2.75, 3.05) is 19.7 Å². The first-order valence-corrected chi connectivity index (χ1v) is 11.9. The number of thioether (sulfide) groups is 1. The number of hydrogen-bond donors (Lipinski definition) is 0. The Kier molecular flexibility index (Phi) is 7.29. The van der Waals surface area contributed by atoms with Gasteiger partial charge in [0.15, 0.2) is 0 Å². The SMILES string of the molecule is Ic1ccccc1SC(C1=CCCC=C1)C1CN(Cc2ccccc2)CCO1. The van der Waals surface area contributed by atoms with Crippen LogP contribution in [0.2, 0.25) is 0 Å². The number of benzene rings is 2. The van der Waals surface area contributed by atoms with Crippen molar-refractivity contribution in [3.05, 3.63) is 87.5 Å². The smallest absolute Gasteiger partial charge is 0.0865 e. The van der Waals surface area contributed by atoms with E-state index in [4.69, 9.17) is 4.74 Å². The number of nitrogens with zero attached hydrogens (tertiary/aromatic N) is 1. The molecule has 2 unspecified atom stereocenters. The zero-order chi connectivity index (χ0) is 19.2. The predicted molar refractivity (Wildman–Crippen MR) is 127 cm³/mol. The summed E-state index contributed by atoms with van der Waals surface area (Å²) < 4.78 is 7.65. The molecule has 2 nitrogen and oxygen atoms in total. The molecule has 1 heterocycles. The number of rotatable bonds is 6. The van der Waals surface area contributed by atoms with E-state index >= 15 is 0 Å². The van der Waals surface area contributed by atoms with E-state index in [2.05, 4.69) is 100 Å². The Hall–Kier alpha value is -1.08. The molecule has 1 saturated heterocycles. The van der Waals surface area contributed by atoms with Crippen molar-refractivity contribution in [2.24, 2.45) is 0 Å². The molecule has 2 aromatic carbocycles. The minimum Gasteiger partial charge on any atom is -0.374 e. The highest BCUT2D eigenvalue weighted by atomic mass is 127. The van der Waals surface area contributed by atoms with E-state index in [1.54, 1.807) is 0 Å². The van der Waals surface area contributed by atoms with Gasteiger partial charge in [-0.1, -0.05) is 60.7 Å². The fourth-order valence-electron chi connectivity index (χ4n) is 3.78. The van der Waals surface area contributed by atoms with Crippen LogP contribution in [0.4, 0.5) is 0 Å². The first-order valence-electron chi connectivity index (χ1n) is 9.95. The van der Waals surface area contributed by atoms with Crippen LogP contribution in [0.3, 0.4) is 0 Å². The molecule has 0 amide bonds. The Balaban J connectivity index is 1.52. The van der Waals surface area contributed by atoms with Gasteiger partial charge >= 0.3 is 0 Å². The van der Waals surface area contributed by atoms with Gasteiger partial charge in [-0.2, -0.15) is 0 Å². The molecule has 0 radical (unpaired) electrons. The van der Waals surface area contributed by atoms with E-state index in [0.29, 0.717) is 5.25 Å². The van der Waals surface area contributed by atoms with Gasteiger partial charge in [0.2, 0.25) is 0 Å². The second kappa shape index (κ2) is 10.1. The molecule has 146 valence electrons. The van der Waals surface area contributed by atoms with E-state index in [9.17, 15) is 0 Å². The number of halogens is 1. The molecule has 0 spiro atoms. The van der Waals surface area contributed by atoms with Gasteiger partial charge in [-0.05, 0) is 58.7 Å². The summed E-state index contributed by atoms with van der Waals surface area (Å²) in [6.07, 6.45) is 9.52. The standard InChI is InChI=1S/C24H26INOS/c25-21-13-7-8-14-23(21)28-24(20-11-5-2-6-12-20)22-18-26(15-16-27-22)17-19-9-3-1-4-10-19/h1,3-5,7-14,22,24H,2,6,15-18H2. The van der Waals surface area contributed by atoms with Gasteiger partial charge in [-0.3, -0.25) is 4.90 Å². The molecule has 28 heavy (non-hydrogen) atoms. The lowest BCUT2D eigenvalue weighted by molar-refractivity contribution is -0.0274. The molecule has 2 aromatic rings. The molecule has 0 bridgehead atoms. The lowest BCUT2D eigenvalue weighted by Gasteiger charge is -2.37. The summed E-state index contributed by atoms with van der Waals surface area (Å²) in [7, 11) is 0. The van der Waals surface area contributed by atoms with E-state index in [0.717, 1.165) is 39.1 Å². The normalized spacial score (nSPS) is 21.3. The fourth-order valence-corrected chi connectivity index (χ4v) is 5.79. The first-order chi connectivity index (χ1) is 13.8. The molecule has 1 aliphatic heterocycles. The van der Waals surface area contributed by atoms with E-state index in [-0.39, 0.29) is 6.10 Å². The number of ether oxygens (including phenoxy) is 1. The summed E-state index contributed by atoms with van der Waals surface area (Å²) >= 11 is 4.40. The molecule has 2 atom stereocenters. The van der Waals surface area contributed by atoms with E-state index in [1.165, 1.54) is 19.6 Å². The maximum absolute atomic E-state index is 6.33. The minimum atomic E-state index is 0.201. The molecule has 0 saturated carbocycles.